The summed E-state index contributed by atoms with van der Waals surface area (Å²) in [6.07, 6.45) is -17.6. The maximum atomic E-state index is 17.8. The summed E-state index contributed by atoms with van der Waals surface area (Å²) >= 11 is 0. The summed E-state index contributed by atoms with van der Waals surface area (Å²) in [4.78, 5) is 77.4. The second-order valence-corrected chi connectivity index (χ2v) is 27.1. The second kappa shape index (κ2) is 25.6. The van der Waals surface area contributed by atoms with E-state index in [1.54, 1.807) is 79.5 Å². The molecule has 0 spiro atoms. The Bertz CT molecular complexity index is 3720. The van der Waals surface area contributed by atoms with E-state index in [1.807, 2.05) is 0 Å². The van der Waals surface area contributed by atoms with E-state index in [-0.39, 0.29) is 54.4 Å². The van der Waals surface area contributed by atoms with Crippen LogP contribution in [0.25, 0.3) is 22.8 Å². The summed E-state index contributed by atoms with van der Waals surface area (Å²) in [6.45, 7) is 9.69. The van der Waals surface area contributed by atoms with Crippen LogP contribution >= 0.6 is 0 Å². The fourth-order valence-corrected chi connectivity index (χ4v) is 17.2. The van der Waals surface area contributed by atoms with Gasteiger partial charge in [-0.2, -0.15) is 0 Å². The molecule has 0 bridgehead atoms. The quantitative estimate of drug-likeness (QED) is 0.0831. The monoisotopic (exact) mass is 1340 g/mol. The molecule has 2 aromatic carbocycles. The summed E-state index contributed by atoms with van der Waals surface area (Å²) < 4.78 is 68.0. The number of ether oxygens (including phenoxy) is 10. The first-order chi connectivity index (χ1) is 45.5. The SMILES string of the molecule is CCC1(OC2CC(OC)C(O)C(C)O2)C(OC2CC(O)C(N(C)C)C(C)O2)C2=C(C(=O)C1C1C(O)=C3C(=Cc4c(O)c5c(c(O)c43)C(=O)C=CC5=O)C(OC3CC(O)C(N(C)C)C(C)O3)C1(CC)OC1CC(OC)C(O)C(C)O1)c1c(O)c3c(c(O)c1C2N=[N-])C(=O)C=CC3=O. The molecule has 4 heterocycles. The van der Waals surface area contributed by atoms with Gasteiger partial charge in [-0.3, -0.25) is 24.0 Å². The number of Topliss-reactive ketones (excluding diaryl/α,β-unsaturated/α-hetero) is 1. The van der Waals surface area contributed by atoms with E-state index in [0.29, 0.717) is 0 Å². The van der Waals surface area contributed by atoms with Crippen molar-refractivity contribution >= 4 is 46.1 Å². The Morgan fingerprint density at radius 1 is 0.542 bits per heavy atom. The van der Waals surface area contributed by atoms with Crippen molar-refractivity contribution in [3.05, 3.63) is 91.2 Å². The molecule has 12 rings (SSSR count). The Hall–Kier alpha value is -6.55. The molecule has 0 saturated carbocycles. The zero-order valence-electron chi connectivity index (χ0n) is 55.2. The fourth-order valence-electron chi connectivity index (χ4n) is 17.2. The summed E-state index contributed by atoms with van der Waals surface area (Å²) in [5.41, 5.74) is 0.699. The number of carbonyl (C=O) groups is 5. The van der Waals surface area contributed by atoms with Crippen LogP contribution in [0.2, 0.25) is 0 Å². The van der Waals surface area contributed by atoms with E-state index in [2.05, 4.69) is 5.11 Å². The minimum atomic E-state index is -2.53. The van der Waals surface area contributed by atoms with Crippen LogP contribution in [0.15, 0.2) is 46.3 Å². The first-order valence-corrected chi connectivity index (χ1v) is 32.4. The Morgan fingerprint density at radius 3 is 1.39 bits per heavy atom. The second-order valence-electron chi connectivity index (χ2n) is 27.1. The highest BCUT2D eigenvalue weighted by Gasteiger charge is 2.71. The minimum absolute atomic E-state index is 0.112. The minimum Gasteiger partial charge on any atom is -0.711 e. The number of phenols is 4. The highest BCUT2D eigenvalue weighted by molar-refractivity contribution is 6.31. The Morgan fingerprint density at radius 2 is 0.958 bits per heavy atom. The van der Waals surface area contributed by atoms with Crippen molar-refractivity contribution in [2.45, 2.75) is 208 Å². The topological polar surface area (TPSA) is 401 Å². The zero-order chi connectivity index (χ0) is 69.5. The normalized spacial score (nSPS) is 38.8. The van der Waals surface area contributed by atoms with Crippen LogP contribution in [0.1, 0.15) is 150 Å². The number of allylic oxidation sites excluding steroid dienone is 5. The average molecular weight is 1340 g/mol. The predicted molar refractivity (Wildman–Crippen MR) is 334 cm³/mol. The smallest absolute Gasteiger partial charge is 0.190 e. The van der Waals surface area contributed by atoms with E-state index in [9.17, 15) is 70.7 Å². The predicted octanol–water partition coefficient (Wildman–Crippen LogP) is 4.38. The lowest BCUT2D eigenvalue weighted by atomic mass is 9.55. The molecule has 10 aliphatic rings. The van der Waals surface area contributed by atoms with Gasteiger partial charge in [-0.15, -0.1) is 0 Å². The first kappa shape index (κ1) is 69.4. The molecule has 23 unspecified atom stereocenters. The summed E-state index contributed by atoms with van der Waals surface area (Å²) in [5, 5.41) is 116. The van der Waals surface area contributed by atoms with E-state index >= 15 is 4.79 Å². The van der Waals surface area contributed by atoms with Crippen LogP contribution in [-0.2, 0) is 52.2 Å². The third kappa shape index (κ3) is 10.5. The van der Waals surface area contributed by atoms with Gasteiger partial charge in [-0.1, -0.05) is 13.8 Å². The lowest BCUT2D eigenvalue weighted by molar-refractivity contribution is -0.347. The summed E-state index contributed by atoms with van der Waals surface area (Å²) in [7, 11) is 9.68. The number of methoxy groups -OCH3 is 2. The van der Waals surface area contributed by atoms with Crippen LogP contribution in [0.4, 0.5) is 0 Å². The van der Waals surface area contributed by atoms with Crippen LogP contribution in [0, 0.1) is 11.8 Å². The van der Waals surface area contributed by atoms with Gasteiger partial charge in [-0.05, 0) is 105 Å². The number of aromatic hydroxyl groups is 4. The van der Waals surface area contributed by atoms with E-state index in [1.165, 1.54) is 20.3 Å². The van der Waals surface area contributed by atoms with Gasteiger partial charge in [0.25, 0.3) is 0 Å². The molecule has 4 fully saturated rings. The zero-order valence-corrected chi connectivity index (χ0v) is 55.2. The molecule has 96 heavy (non-hydrogen) atoms. The molecule has 28 heteroatoms. The Labute approximate surface area is 552 Å². The number of aliphatic hydroxyl groups excluding tert-OH is 5. The number of rotatable bonds is 16. The van der Waals surface area contributed by atoms with Crippen molar-refractivity contribution in [1.82, 2.24) is 9.80 Å². The largest absolute Gasteiger partial charge is 0.711 e. The maximum absolute atomic E-state index is 17.8. The van der Waals surface area contributed by atoms with Crippen molar-refractivity contribution in [3.8, 4) is 23.0 Å². The number of phenolic OH excluding ortho intramolecular Hbond substituents is 4. The number of likely N-dealkylation sites (N-methyl/N-ethyl adjacent to an activating group) is 2. The molecule has 2 aromatic rings. The molecule has 0 radical (unpaired) electrons. The van der Waals surface area contributed by atoms with E-state index in [0.717, 1.165) is 24.3 Å². The molecular formula is C68H83N4O24-. The number of aliphatic hydroxyl groups is 5. The lowest BCUT2D eigenvalue weighted by Gasteiger charge is -2.59. The van der Waals surface area contributed by atoms with Gasteiger partial charge in [0, 0.05) is 78.9 Å². The van der Waals surface area contributed by atoms with Crippen molar-refractivity contribution in [2.24, 2.45) is 17.0 Å². The number of benzene rings is 2. The van der Waals surface area contributed by atoms with E-state index < -0.39 is 248 Å². The van der Waals surface area contributed by atoms with Crippen LogP contribution in [0.3, 0.4) is 0 Å². The van der Waals surface area contributed by atoms with Crippen molar-refractivity contribution in [1.29, 1.82) is 0 Å². The number of hydrogen-bond donors (Lipinski definition) is 9. The number of fused-ring (bicyclic) bond motifs is 7. The van der Waals surface area contributed by atoms with Gasteiger partial charge in [0.05, 0.1) is 101 Å². The molecule has 0 amide bonds. The van der Waals surface area contributed by atoms with Gasteiger partial charge in [0.1, 0.15) is 64.4 Å². The first-order valence-electron chi connectivity index (χ1n) is 32.4. The van der Waals surface area contributed by atoms with Crippen LogP contribution in [0.5, 0.6) is 23.0 Å². The maximum Gasteiger partial charge on any atom is 0.190 e. The highest BCUT2D eigenvalue weighted by Crippen LogP contribution is 2.67. The number of ketones is 5. The van der Waals surface area contributed by atoms with Gasteiger partial charge >= 0.3 is 0 Å². The highest BCUT2D eigenvalue weighted by atomic mass is 16.7. The van der Waals surface area contributed by atoms with Crippen molar-refractivity contribution in [3.63, 3.8) is 0 Å². The number of nitrogens with zero attached hydrogens (tertiary/aromatic N) is 4. The molecule has 6 aliphatic carbocycles. The molecule has 28 nitrogen and oxygen atoms in total. The van der Waals surface area contributed by atoms with Gasteiger partial charge in [0.2, 0.25) is 0 Å². The van der Waals surface area contributed by atoms with E-state index in [4.69, 9.17) is 47.4 Å². The standard InChI is InChI=1S/C68H83N4O24/c1-13-67(95-40-22-36(87-11)57(79)26(5)91-40)52(63(85)43-29(65(67)93-38-20-34(77)55(71(7)8)24(3)89-38)19-28-42(43)60(82)45-31(74)16-15-30(73)44(45)59(28)81)53-64(86)49-48-50(62(84)47-33(76)18-17-32(75)46(47)61(48)83)54(70-69)51(49)66(94-39-21-35(78)56(72(9)10)25(4)90-39)68(53,14-2)96-41-23-37(88-12)58(80)27(6)92-41/h15-19,24-27,34-41,52-58,65-66,77-85H,13-14,20-23H2,1-12H3/q-1. The van der Waals surface area contributed by atoms with Crippen LogP contribution in [-0.4, -0.2) is 249 Å². The molecule has 4 aliphatic heterocycles. The number of hydrogen-bond acceptors (Lipinski definition) is 27. The van der Waals surface area contributed by atoms with Crippen molar-refractivity contribution in [2.75, 3.05) is 42.4 Å². The van der Waals surface area contributed by atoms with Crippen molar-refractivity contribution < 1.29 is 117 Å². The van der Waals surface area contributed by atoms with Gasteiger partial charge in [0.15, 0.2) is 54.1 Å². The Kier molecular flexibility index (Phi) is 18.5. The molecule has 520 valence electrons. The number of carbonyl (C=O) groups excluding carboxylic acids is 5. The summed E-state index contributed by atoms with van der Waals surface area (Å²) in [6, 6.07) is -3.24. The van der Waals surface area contributed by atoms with Gasteiger partial charge < -0.3 is 114 Å². The molecule has 23 atom stereocenters. The molecular weight excluding hydrogens is 1260 g/mol. The Balaban J connectivity index is 1.21. The molecule has 0 aromatic heterocycles. The van der Waals surface area contributed by atoms with Crippen LogP contribution < -0.4 is 0 Å². The average Bonchev–Trinajstić information content (AvgIpc) is 1.39. The van der Waals surface area contributed by atoms with Gasteiger partial charge in [-0.25, -0.2) is 0 Å². The third-order valence-corrected chi connectivity index (χ3v) is 21.5. The molecule has 9 N–H and O–H groups in total. The fraction of sp³-hybridized carbons (Fsp3) is 0.603. The lowest BCUT2D eigenvalue weighted by Crippen LogP contribution is -2.70. The summed E-state index contributed by atoms with van der Waals surface area (Å²) in [5.74, 6) is -13.7. The third-order valence-electron chi connectivity index (χ3n) is 21.5. The molecule has 4 saturated heterocycles.